The lowest BCUT2D eigenvalue weighted by Crippen LogP contribution is -2.26. The lowest BCUT2D eigenvalue weighted by Gasteiger charge is -2.22. The van der Waals surface area contributed by atoms with E-state index in [0.717, 1.165) is 46.0 Å². The van der Waals surface area contributed by atoms with E-state index in [1.165, 1.54) is 0 Å². The van der Waals surface area contributed by atoms with Crippen molar-refractivity contribution in [1.82, 2.24) is 24.3 Å². The van der Waals surface area contributed by atoms with Gasteiger partial charge in [0.05, 0.1) is 17.6 Å². The number of pyridine rings is 1. The highest BCUT2D eigenvalue weighted by Gasteiger charge is 2.30. The van der Waals surface area contributed by atoms with E-state index in [4.69, 9.17) is 5.73 Å². The van der Waals surface area contributed by atoms with Crippen LogP contribution in [-0.4, -0.2) is 24.3 Å². The van der Waals surface area contributed by atoms with Crippen LogP contribution in [0.1, 0.15) is 57.0 Å². The molecule has 1 atom stereocenters. The number of anilines is 2. The maximum Gasteiger partial charge on any atom is 0.259 e. The van der Waals surface area contributed by atoms with Gasteiger partial charge < -0.3 is 15.6 Å². The minimum Gasteiger partial charge on any atom is -0.368 e. The molecule has 172 valence electrons. The third-order valence-corrected chi connectivity index (χ3v) is 5.83. The molecule has 1 unspecified atom stereocenters. The summed E-state index contributed by atoms with van der Waals surface area (Å²) in [4.78, 5) is 22.1. The molecule has 1 fully saturated rings. The van der Waals surface area contributed by atoms with Crippen molar-refractivity contribution in [3.63, 3.8) is 0 Å². The maximum atomic E-state index is 13.8. The number of nitrogens with one attached hydrogen (secondary N) is 1. The van der Waals surface area contributed by atoms with Crippen molar-refractivity contribution in [3.05, 3.63) is 64.5 Å². The van der Waals surface area contributed by atoms with Gasteiger partial charge in [0.25, 0.3) is 5.56 Å². The molecule has 0 bridgehead atoms. The zero-order valence-corrected chi connectivity index (χ0v) is 19.8. The van der Waals surface area contributed by atoms with E-state index in [2.05, 4.69) is 26.4 Å². The molecule has 8 nitrogen and oxygen atoms in total. The van der Waals surface area contributed by atoms with E-state index in [-0.39, 0.29) is 23.6 Å². The molecule has 5 rings (SSSR count). The molecule has 8 heteroatoms. The molecule has 0 aliphatic heterocycles. The Hall–Kier alpha value is -3.68. The van der Waals surface area contributed by atoms with Gasteiger partial charge in [0, 0.05) is 42.3 Å². The maximum absolute atomic E-state index is 13.8. The van der Waals surface area contributed by atoms with E-state index >= 15 is 0 Å². The zero-order chi connectivity index (χ0) is 23.7. The first-order valence-corrected chi connectivity index (χ1v) is 11.4. The second-order valence-corrected chi connectivity index (χ2v) is 8.27. The van der Waals surface area contributed by atoms with Crippen LogP contribution in [0.5, 0.6) is 0 Å². The Morgan fingerprint density at radius 1 is 1.21 bits per heavy atom. The summed E-state index contributed by atoms with van der Waals surface area (Å²) in [6.07, 6.45) is 7.47. The summed E-state index contributed by atoms with van der Waals surface area (Å²) in [6.45, 7) is 7.98. The monoisotopic (exact) mass is 445 g/mol. The van der Waals surface area contributed by atoms with Crippen LogP contribution >= 0.6 is 0 Å². The van der Waals surface area contributed by atoms with Crippen LogP contribution in [0.3, 0.4) is 0 Å². The molecule has 0 amide bonds. The Balaban J connectivity index is 0.00000126. The third kappa shape index (κ3) is 4.33. The van der Waals surface area contributed by atoms with Gasteiger partial charge in [-0.3, -0.25) is 9.48 Å². The van der Waals surface area contributed by atoms with Gasteiger partial charge in [0.15, 0.2) is 0 Å². The number of hydrogen-bond acceptors (Lipinski definition) is 6. The first-order chi connectivity index (χ1) is 15.9. The summed E-state index contributed by atoms with van der Waals surface area (Å²) < 4.78 is 3.71. The van der Waals surface area contributed by atoms with Gasteiger partial charge in [0.1, 0.15) is 5.82 Å². The van der Waals surface area contributed by atoms with Gasteiger partial charge in [-0.1, -0.05) is 32.0 Å². The van der Waals surface area contributed by atoms with Crippen molar-refractivity contribution >= 4 is 22.5 Å². The molecule has 1 aromatic carbocycles. The number of fused-ring (bicyclic) bond motifs is 1. The smallest absolute Gasteiger partial charge is 0.259 e. The lowest BCUT2D eigenvalue weighted by molar-refractivity contribution is 0.636. The number of aromatic nitrogens is 5. The average molecular weight is 446 g/mol. The van der Waals surface area contributed by atoms with Crippen molar-refractivity contribution in [1.29, 1.82) is 0 Å². The van der Waals surface area contributed by atoms with Gasteiger partial charge in [-0.2, -0.15) is 10.1 Å². The molecule has 1 aliphatic carbocycles. The predicted octanol–water partition coefficient (Wildman–Crippen LogP) is 4.62. The molecule has 1 aliphatic rings. The summed E-state index contributed by atoms with van der Waals surface area (Å²) in [5.41, 5.74) is 9.53. The molecule has 0 radical (unpaired) electrons. The molecular formula is C25H31N7O. The minimum absolute atomic E-state index is 0.0435. The van der Waals surface area contributed by atoms with Crippen LogP contribution in [0.15, 0.2) is 47.7 Å². The van der Waals surface area contributed by atoms with E-state index < -0.39 is 0 Å². The normalized spacial score (nSPS) is 14.0. The Morgan fingerprint density at radius 2 is 1.97 bits per heavy atom. The highest BCUT2D eigenvalue weighted by Crippen LogP contribution is 2.38. The first kappa shape index (κ1) is 22.5. The summed E-state index contributed by atoms with van der Waals surface area (Å²) in [6, 6.07) is 8.20. The number of hydrogen-bond donors (Lipinski definition) is 2. The van der Waals surface area contributed by atoms with Crippen LogP contribution in [0.25, 0.3) is 21.9 Å². The number of aryl methyl sites for hydroxylation is 2. The Kier molecular flexibility index (Phi) is 6.18. The van der Waals surface area contributed by atoms with Crippen LogP contribution in [0, 0.1) is 6.92 Å². The van der Waals surface area contributed by atoms with E-state index in [0.29, 0.717) is 5.82 Å². The fourth-order valence-electron chi connectivity index (χ4n) is 4.12. The molecule has 3 N–H and O–H groups in total. The minimum atomic E-state index is -0.132. The molecule has 3 aromatic heterocycles. The molecule has 1 saturated carbocycles. The fourth-order valence-corrected chi connectivity index (χ4v) is 4.12. The molecule has 0 saturated heterocycles. The van der Waals surface area contributed by atoms with Crippen molar-refractivity contribution in [2.24, 2.45) is 7.05 Å². The van der Waals surface area contributed by atoms with E-state index in [9.17, 15) is 4.79 Å². The van der Waals surface area contributed by atoms with Crippen molar-refractivity contribution in [2.45, 2.75) is 52.6 Å². The number of nitrogens with zero attached hydrogens (tertiary/aromatic N) is 5. The summed E-state index contributed by atoms with van der Waals surface area (Å²) in [5.74, 6) is 0.901. The molecule has 33 heavy (non-hydrogen) atoms. The second kappa shape index (κ2) is 9.05. The SMILES string of the molecule is CC.Cc1cnc(N)nc1NC(C)c1cc2cccc(-c3cnn(C)c3)c2c(=O)n1C1CC1. The second-order valence-electron chi connectivity index (χ2n) is 8.27. The Labute approximate surface area is 193 Å². The summed E-state index contributed by atoms with van der Waals surface area (Å²) in [7, 11) is 1.88. The van der Waals surface area contributed by atoms with Crippen molar-refractivity contribution in [3.8, 4) is 11.1 Å². The van der Waals surface area contributed by atoms with Crippen LogP contribution in [0.2, 0.25) is 0 Å². The average Bonchev–Trinajstić information content (AvgIpc) is 3.56. The van der Waals surface area contributed by atoms with Gasteiger partial charge in [-0.15, -0.1) is 0 Å². The van der Waals surface area contributed by atoms with Gasteiger partial charge in [0.2, 0.25) is 5.95 Å². The molecular weight excluding hydrogens is 414 g/mol. The molecule has 4 aromatic rings. The number of rotatable bonds is 5. The molecule has 0 spiro atoms. The number of benzene rings is 1. The number of nitrogen functional groups attached to an aromatic ring is 1. The van der Waals surface area contributed by atoms with Crippen molar-refractivity contribution in [2.75, 3.05) is 11.1 Å². The van der Waals surface area contributed by atoms with Gasteiger partial charge in [-0.25, -0.2) is 4.98 Å². The van der Waals surface area contributed by atoms with Gasteiger partial charge >= 0.3 is 0 Å². The van der Waals surface area contributed by atoms with Crippen molar-refractivity contribution < 1.29 is 0 Å². The largest absolute Gasteiger partial charge is 0.368 e. The predicted molar refractivity (Wildman–Crippen MR) is 133 cm³/mol. The van der Waals surface area contributed by atoms with Gasteiger partial charge in [-0.05, 0) is 43.7 Å². The third-order valence-electron chi connectivity index (χ3n) is 5.83. The first-order valence-electron chi connectivity index (χ1n) is 11.4. The Bertz CT molecular complexity index is 1350. The topological polar surface area (TPSA) is 104 Å². The van der Waals surface area contributed by atoms with E-state index in [1.54, 1.807) is 17.1 Å². The molecule has 3 heterocycles. The summed E-state index contributed by atoms with van der Waals surface area (Å²) >= 11 is 0. The number of nitrogens with two attached hydrogens (primary N) is 1. The van der Waals surface area contributed by atoms with Crippen LogP contribution in [0.4, 0.5) is 11.8 Å². The Morgan fingerprint density at radius 3 is 2.64 bits per heavy atom. The summed E-state index contributed by atoms with van der Waals surface area (Å²) in [5, 5.41) is 9.37. The standard InChI is InChI=1S/C23H25N7O.C2H6/c1-13-10-25-23(24)28-21(13)27-14(2)19-9-15-5-4-6-18(16-11-26-29(3)12-16)20(15)22(31)30(19)17-7-8-17;1-2/h4-6,9-12,14,17H,7-8H2,1-3H3,(H3,24,25,27,28);1-2H3. The quantitative estimate of drug-likeness (QED) is 0.465. The van der Waals surface area contributed by atoms with E-state index in [1.807, 2.05) is 63.7 Å². The van der Waals surface area contributed by atoms with Crippen LogP contribution in [-0.2, 0) is 7.05 Å². The zero-order valence-electron chi connectivity index (χ0n) is 19.8. The highest BCUT2D eigenvalue weighted by atomic mass is 16.1. The highest BCUT2D eigenvalue weighted by molar-refractivity contribution is 5.96. The fraction of sp³-hybridized carbons (Fsp3) is 0.360. The lowest BCUT2D eigenvalue weighted by atomic mass is 10.00. The van der Waals surface area contributed by atoms with Crippen LogP contribution < -0.4 is 16.6 Å².